The van der Waals surface area contributed by atoms with Crippen molar-refractivity contribution in [1.29, 1.82) is 0 Å². The van der Waals surface area contributed by atoms with Crippen LogP contribution in [-0.2, 0) is 9.47 Å². The molecule has 1 saturated heterocycles. The van der Waals surface area contributed by atoms with Crippen LogP contribution in [0.1, 0.15) is 30.3 Å². The normalized spacial score (nSPS) is 21.5. The molecule has 3 rings (SSSR count). The van der Waals surface area contributed by atoms with Gasteiger partial charge < -0.3 is 13.7 Å². The van der Waals surface area contributed by atoms with Gasteiger partial charge in [-0.1, -0.05) is 49.4 Å². The van der Waals surface area contributed by atoms with Crippen LogP contribution in [0.3, 0.4) is 0 Å². The standard InChI is InChI=1S/C18H20O3S/c1-2-22-21-17-10-8-15(9-11-17)18-19-12-16(13-20-18)14-6-4-3-5-7-14/h3-11,16,18H,2,12-13H2,1H3. The summed E-state index contributed by atoms with van der Waals surface area (Å²) in [6.45, 7) is 3.42. The molecule has 22 heavy (non-hydrogen) atoms. The first-order valence-electron chi connectivity index (χ1n) is 7.54. The molecule has 116 valence electrons. The largest absolute Gasteiger partial charge is 0.426 e. The summed E-state index contributed by atoms with van der Waals surface area (Å²) in [4.78, 5) is 0. The Balaban J connectivity index is 1.57. The predicted molar refractivity (Wildman–Crippen MR) is 89.0 cm³/mol. The Morgan fingerprint density at radius 2 is 1.64 bits per heavy atom. The van der Waals surface area contributed by atoms with E-state index in [-0.39, 0.29) is 6.29 Å². The molecule has 1 aliphatic rings. The molecule has 3 nitrogen and oxygen atoms in total. The molecule has 0 radical (unpaired) electrons. The highest BCUT2D eigenvalue weighted by molar-refractivity contribution is 7.94. The average molecular weight is 316 g/mol. The van der Waals surface area contributed by atoms with Crippen molar-refractivity contribution in [3.05, 3.63) is 65.7 Å². The van der Waals surface area contributed by atoms with Gasteiger partial charge in [0.05, 0.1) is 25.3 Å². The minimum absolute atomic E-state index is 0.284. The topological polar surface area (TPSA) is 27.7 Å². The van der Waals surface area contributed by atoms with Crippen LogP contribution < -0.4 is 4.18 Å². The van der Waals surface area contributed by atoms with E-state index in [4.69, 9.17) is 13.7 Å². The fraction of sp³-hybridized carbons (Fsp3) is 0.333. The van der Waals surface area contributed by atoms with Crippen molar-refractivity contribution < 1.29 is 13.7 Å². The number of hydrogen-bond acceptors (Lipinski definition) is 4. The first-order chi connectivity index (χ1) is 10.9. The fourth-order valence-corrected chi connectivity index (χ4v) is 2.79. The molecular weight excluding hydrogens is 296 g/mol. The van der Waals surface area contributed by atoms with Gasteiger partial charge in [0.15, 0.2) is 6.29 Å². The highest BCUT2D eigenvalue weighted by Crippen LogP contribution is 2.30. The van der Waals surface area contributed by atoms with Gasteiger partial charge >= 0.3 is 0 Å². The number of ether oxygens (including phenoxy) is 2. The second-order valence-electron chi connectivity index (χ2n) is 5.17. The van der Waals surface area contributed by atoms with E-state index in [1.165, 1.54) is 17.6 Å². The quantitative estimate of drug-likeness (QED) is 0.756. The van der Waals surface area contributed by atoms with Gasteiger partial charge in [-0.25, -0.2) is 0 Å². The molecule has 1 fully saturated rings. The molecule has 0 unspecified atom stereocenters. The average Bonchev–Trinajstić information content (AvgIpc) is 2.61. The van der Waals surface area contributed by atoms with Gasteiger partial charge in [0.25, 0.3) is 0 Å². The smallest absolute Gasteiger partial charge is 0.183 e. The van der Waals surface area contributed by atoms with E-state index in [0.29, 0.717) is 19.1 Å². The van der Waals surface area contributed by atoms with Gasteiger partial charge in [-0.15, -0.1) is 0 Å². The Morgan fingerprint density at radius 3 is 2.27 bits per heavy atom. The maximum Gasteiger partial charge on any atom is 0.183 e. The SMILES string of the molecule is CCSOc1ccc(C2OCC(c3ccccc3)CO2)cc1. The van der Waals surface area contributed by atoms with Gasteiger partial charge in [-0.05, 0) is 17.7 Å². The lowest BCUT2D eigenvalue weighted by Gasteiger charge is -2.30. The Bertz CT molecular complexity index is 563. The monoisotopic (exact) mass is 316 g/mol. The molecular formula is C18H20O3S. The van der Waals surface area contributed by atoms with E-state index in [2.05, 4.69) is 31.2 Å². The van der Waals surface area contributed by atoms with E-state index < -0.39 is 0 Å². The Hall–Kier alpha value is -1.49. The third kappa shape index (κ3) is 3.83. The van der Waals surface area contributed by atoms with Gasteiger partial charge in [-0.2, -0.15) is 0 Å². The van der Waals surface area contributed by atoms with Crippen molar-refractivity contribution in [3.8, 4) is 5.75 Å². The van der Waals surface area contributed by atoms with Crippen LogP contribution in [0.4, 0.5) is 0 Å². The highest BCUT2D eigenvalue weighted by Gasteiger charge is 2.24. The summed E-state index contributed by atoms with van der Waals surface area (Å²) in [5.74, 6) is 2.09. The molecule has 0 amide bonds. The van der Waals surface area contributed by atoms with Crippen molar-refractivity contribution in [1.82, 2.24) is 0 Å². The van der Waals surface area contributed by atoms with Gasteiger partial charge in [0, 0.05) is 17.2 Å². The molecule has 1 heterocycles. The number of rotatable bonds is 5. The molecule has 0 N–H and O–H groups in total. The zero-order valence-electron chi connectivity index (χ0n) is 12.6. The van der Waals surface area contributed by atoms with Crippen LogP contribution in [0.5, 0.6) is 5.75 Å². The Labute approximate surface area is 135 Å². The summed E-state index contributed by atoms with van der Waals surface area (Å²) in [6.07, 6.45) is -0.284. The highest BCUT2D eigenvalue weighted by atomic mass is 32.2. The summed E-state index contributed by atoms with van der Waals surface area (Å²) in [6, 6.07) is 18.3. The van der Waals surface area contributed by atoms with Crippen LogP contribution in [0, 0.1) is 0 Å². The second kappa shape index (κ2) is 7.68. The van der Waals surface area contributed by atoms with Gasteiger partial charge in [0.1, 0.15) is 5.75 Å². The second-order valence-corrected chi connectivity index (χ2v) is 6.14. The molecule has 0 aliphatic carbocycles. The minimum atomic E-state index is -0.284. The summed E-state index contributed by atoms with van der Waals surface area (Å²) in [5, 5.41) is 0. The number of hydrogen-bond donors (Lipinski definition) is 0. The van der Waals surface area contributed by atoms with Crippen LogP contribution in [0.25, 0.3) is 0 Å². The van der Waals surface area contributed by atoms with E-state index in [1.54, 1.807) is 0 Å². The summed E-state index contributed by atoms with van der Waals surface area (Å²) >= 11 is 1.44. The first-order valence-corrected chi connectivity index (χ1v) is 8.45. The number of benzene rings is 2. The maximum absolute atomic E-state index is 5.88. The van der Waals surface area contributed by atoms with Crippen molar-refractivity contribution in [2.75, 3.05) is 19.0 Å². The molecule has 4 heteroatoms. The molecule has 0 aromatic heterocycles. The molecule has 0 saturated carbocycles. The maximum atomic E-state index is 5.88. The molecule has 2 aromatic rings. The lowest BCUT2D eigenvalue weighted by Crippen LogP contribution is -2.25. The summed E-state index contributed by atoms with van der Waals surface area (Å²) < 4.78 is 17.3. The zero-order chi connectivity index (χ0) is 15.2. The predicted octanol–water partition coefficient (Wildman–Crippen LogP) is 4.56. The molecule has 0 spiro atoms. The van der Waals surface area contributed by atoms with Gasteiger partial charge in [0.2, 0.25) is 0 Å². The van der Waals surface area contributed by atoms with Crippen LogP contribution >= 0.6 is 12.0 Å². The first kappa shape index (κ1) is 15.4. The minimum Gasteiger partial charge on any atom is -0.426 e. The third-order valence-electron chi connectivity index (χ3n) is 3.59. The Morgan fingerprint density at radius 1 is 0.955 bits per heavy atom. The zero-order valence-corrected chi connectivity index (χ0v) is 13.4. The van der Waals surface area contributed by atoms with Crippen molar-refractivity contribution in [2.45, 2.75) is 19.1 Å². The lowest BCUT2D eigenvalue weighted by molar-refractivity contribution is -0.191. The summed E-state index contributed by atoms with van der Waals surface area (Å²) in [7, 11) is 0. The van der Waals surface area contributed by atoms with Crippen LogP contribution in [0.2, 0.25) is 0 Å². The van der Waals surface area contributed by atoms with Crippen molar-refractivity contribution in [3.63, 3.8) is 0 Å². The van der Waals surface area contributed by atoms with Crippen LogP contribution in [-0.4, -0.2) is 19.0 Å². The third-order valence-corrected chi connectivity index (χ3v) is 4.14. The summed E-state index contributed by atoms with van der Waals surface area (Å²) in [5.41, 5.74) is 2.29. The Kier molecular flexibility index (Phi) is 5.38. The fourth-order valence-electron chi connectivity index (χ4n) is 2.42. The van der Waals surface area contributed by atoms with E-state index >= 15 is 0 Å². The lowest BCUT2D eigenvalue weighted by atomic mass is 10.0. The van der Waals surface area contributed by atoms with Crippen molar-refractivity contribution in [2.24, 2.45) is 0 Å². The molecule has 2 aromatic carbocycles. The van der Waals surface area contributed by atoms with E-state index in [1.807, 2.05) is 30.3 Å². The molecule has 1 aliphatic heterocycles. The molecule has 0 bridgehead atoms. The van der Waals surface area contributed by atoms with E-state index in [9.17, 15) is 0 Å². The van der Waals surface area contributed by atoms with Crippen LogP contribution in [0.15, 0.2) is 54.6 Å². The molecule has 0 atom stereocenters. The van der Waals surface area contributed by atoms with E-state index in [0.717, 1.165) is 17.1 Å². The van der Waals surface area contributed by atoms with Crippen molar-refractivity contribution >= 4 is 12.0 Å². The van der Waals surface area contributed by atoms with Gasteiger partial charge in [-0.3, -0.25) is 0 Å².